The Labute approximate surface area is 92.5 Å². The van der Waals surface area contributed by atoms with Crippen molar-refractivity contribution in [1.82, 2.24) is 0 Å². The van der Waals surface area contributed by atoms with Crippen molar-refractivity contribution in [3.05, 3.63) is 33.9 Å². The van der Waals surface area contributed by atoms with Crippen molar-refractivity contribution in [3.63, 3.8) is 0 Å². The van der Waals surface area contributed by atoms with Crippen molar-refractivity contribution in [3.8, 4) is 0 Å². The summed E-state index contributed by atoms with van der Waals surface area (Å²) in [6.07, 6.45) is 1.58. The summed E-state index contributed by atoms with van der Waals surface area (Å²) >= 11 is 0. The Balaban J connectivity index is 3.32. The molecule has 82 valence electrons. The third kappa shape index (κ3) is 2.28. The first kappa shape index (κ1) is 12.0. The fourth-order valence-corrected chi connectivity index (χ4v) is 1.99. The normalized spacial score (nSPS) is 10.5. The van der Waals surface area contributed by atoms with Crippen LogP contribution in [0, 0.1) is 27.7 Å². The number of ketones is 1. The molecule has 0 unspecified atom stereocenters. The molecule has 1 nitrogen and oxygen atoms in total. The largest absolute Gasteiger partial charge is 0.294 e. The van der Waals surface area contributed by atoms with Gasteiger partial charge in [0.15, 0.2) is 5.78 Å². The summed E-state index contributed by atoms with van der Waals surface area (Å²) in [6.45, 7) is 10.3. The second-order valence-electron chi connectivity index (χ2n) is 4.31. The lowest BCUT2D eigenvalue weighted by Gasteiger charge is -2.13. The Bertz CT molecular complexity index is 363. The zero-order chi connectivity index (χ0) is 11.6. The van der Waals surface area contributed by atoms with E-state index in [9.17, 15) is 4.79 Å². The molecule has 0 aromatic heterocycles. The van der Waals surface area contributed by atoms with Crippen LogP contribution in [0.25, 0.3) is 0 Å². The molecule has 0 aliphatic carbocycles. The number of carbonyl (C=O) groups excluding carboxylic acids is 1. The van der Waals surface area contributed by atoms with Crippen LogP contribution in [0.15, 0.2) is 6.07 Å². The Kier molecular flexibility index (Phi) is 3.67. The number of rotatable bonds is 3. The highest BCUT2D eigenvalue weighted by Crippen LogP contribution is 2.23. The van der Waals surface area contributed by atoms with E-state index in [-0.39, 0.29) is 0 Å². The summed E-state index contributed by atoms with van der Waals surface area (Å²) in [7, 11) is 0. The summed E-state index contributed by atoms with van der Waals surface area (Å²) in [5, 5.41) is 0. The Hall–Kier alpha value is -1.11. The zero-order valence-corrected chi connectivity index (χ0v) is 10.4. The van der Waals surface area contributed by atoms with Gasteiger partial charge in [-0.2, -0.15) is 0 Å². The Morgan fingerprint density at radius 1 is 1.07 bits per heavy atom. The highest BCUT2D eigenvalue weighted by atomic mass is 16.1. The average Bonchev–Trinajstić information content (AvgIpc) is 2.16. The minimum Gasteiger partial charge on any atom is -0.294 e. The van der Waals surface area contributed by atoms with Gasteiger partial charge in [-0.3, -0.25) is 4.79 Å². The molecular formula is C14H20O. The lowest BCUT2D eigenvalue weighted by atomic mass is 9.90. The highest BCUT2D eigenvalue weighted by Gasteiger charge is 2.14. The van der Waals surface area contributed by atoms with Crippen LogP contribution in [-0.4, -0.2) is 5.78 Å². The van der Waals surface area contributed by atoms with Gasteiger partial charge in [0.05, 0.1) is 0 Å². The molecule has 0 spiro atoms. The van der Waals surface area contributed by atoms with Crippen molar-refractivity contribution >= 4 is 5.78 Å². The maximum Gasteiger partial charge on any atom is 0.163 e. The maximum absolute atomic E-state index is 12.0. The van der Waals surface area contributed by atoms with Gasteiger partial charge in [-0.1, -0.05) is 13.0 Å². The second-order valence-corrected chi connectivity index (χ2v) is 4.31. The van der Waals surface area contributed by atoms with Gasteiger partial charge in [-0.15, -0.1) is 0 Å². The Morgan fingerprint density at radius 3 is 1.93 bits per heavy atom. The lowest BCUT2D eigenvalue weighted by Crippen LogP contribution is -2.07. The van der Waals surface area contributed by atoms with Gasteiger partial charge >= 0.3 is 0 Å². The topological polar surface area (TPSA) is 17.1 Å². The van der Waals surface area contributed by atoms with Gasteiger partial charge in [-0.05, 0) is 56.4 Å². The molecule has 1 aromatic rings. The van der Waals surface area contributed by atoms with E-state index in [1.165, 1.54) is 11.1 Å². The van der Waals surface area contributed by atoms with Gasteiger partial charge in [-0.25, -0.2) is 0 Å². The van der Waals surface area contributed by atoms with E-state index in [4.69, 9.17) is 0 Å². The average molecular weight is 204 g/mol. The zero-order valence-electron chi connectivity index (χ0n) is 10.4. The molecule has 1 rings (SSSR count). The molecule has 0 saturated carbocycles. The molecule has 15 heavy (non-hydrogen) atoms. The van der Waals surface area contributed by atoms with E-state index >= 15 is 0 Å². The van der Waals surface area contributed by atoms with Crippen molar-refractivity contribution in [1.29, 1.82) is 0 Å². The first-order valence-corrected chi connectivity index (χ1v) is 5.59. The summed E-state index contributed by atoms with van der Waals surface area (Å²) in [6, 6.07) is 2.16. The summed E-state index contributed by atoms with van der Waals surface area (Å²) in [4.78, 5) is 12.0. The van der Waals surface area contributed by atoms with E-state index < -0.39 is 0 Å². The fourth-order valence-electron chi connectivity index (χ4n) is 1.99. The maximum atomic E-state index is 12.0. The van der Waals surface area contributed by atoms with Crippen molar-refractivity contribution < 1.29 is 4.79 Å². The predicted octanol–water partition coefficient (Wildman–Crippen LogP) is 3.90. The molecule has 0 saturated heterocycles. The number of Topliss-reactive ketones (excluding diaryl/α,β-unsaturated/α-hetero) is 1. The van der Waals surface area contributed by atoms with E-state index in [1.807, 2.05) is 20.8 Å². The minimum absolute atomic E-state index is 0.291. The molecule has 0 bridgehead atoms. The monoisotopic (exact) mass is 204 g/mol. The van der Waals surface area contributed by atoms with Crippen LogP contribution in [0.4, 0.5) is 0 Å². The number of carbonyl (C=O) groups is 1. The van der Waals surface area contributed by atoms with Crippen molar-refractivity contribution in [2.24, 2.45) is 0 Å². The molecule has 0 aliphatic rings. The van der Waals surface area contributed by atoms with Crippen LogP contribution >= 0.6 is 0 Å². The third-order valence-electron chi connectivity index (χ3n) is 3.12. The number of hydrogen-bond acceptors (Lipinski definition) is 1. The Morgan fingerprint density at radius 2 is 1.53 bits per heavy atom. The molecule has 0 amide bonds. The molecule has 1 heteroatoms. The van der Waals surface area contributed by atoms with Gasteiger partial charge in [0.1, 0.15) is 0 Å². The van der Waals surface area contributed by atoms with E-state index in [0.717, 1.165) is 23.1 Å². The van der Waals surface area contributed by atoms with Crippen LogP contribution in [-0.2, 0) is 0 Å². The first-order valence-electron chi connectivity index (χ1n) is 5.59. The summed E-state index contributed by atoms with van der Waals surface area (Å²) in [5.41, 5.74) is 5.69. The van der Waals surface area contributed by atoms with Crippen molar-refractivity contribution in [2.45, 2.75) is 47.5 Å². The smallest absolute Gasteiger partial charge is 0.163 e. The SMILES string of the molecule is CCCC(=O)c1c(C)c(C)cc(C)c1C. The quantitative estimate of drug-likeness (QED) is 0.682. The third-order valence-corrected chi connectivity index (χ3v) is 3.12. The molecule has 0 N–H and O–H groups in total. The fraction of sp³-hybridized carbons (Fsp3) is 0.500. The van der Waals surface area contributed by atoms with E-state index in [2.05, 4.69) is 19.9 Å². The number of aryl methyl sites for hydroxylation is 2. The molecular weight excluding hydrogens is 184 g/mol. The van der Waals surface area contributed by atoms with E-state index in [1.54, 1.807) is 0 Å². The van der Waals surface area contributed by atoms with Gasteiger partial charge < -0.3 is 0 Å². The lowest BCUT2D eigenvalue weighted by molar-refractivity contribution is 0.0980. The highest BCUT2D eigenvalue weighted by molar-refractivity contribution is 5.99. The van der Waals surface area contributed by atoms with Crippen LogP contribution in [0.1, 0.15) is 52.4 Å². The molecule has 0 radical (unpaired) electrons. The number of benzene rings is 1. The van der Waals surface area contributed by atoms with E-state index in [0.29, 0.717) is 12.2 Å². The van der Waals surface area contributed by atoms with Crippen LogP contribution < -0.4 is 0 Å². The molecule has 1 aromatic carbocycles. The predicted molar refractivity (Wildman–Crippen MR) is 64.6 cm³/mol. The van der Waals surface area contributed by atoms with Crippen LogP contribution in [0.5, 0.6) is 0 Å². The van der Waals surface area contributed by atoms with Crippen LogP contribution in [0.2, 0.25) is 0 Å². The standard InChI is InChI=1S/C14H20O/c1-6-7-13(15)14-11(4)9(2)8-10(3)12(14)5/h8H,6-7H2,1-5H3. The van der Waals surface area contributed by atoms with Crippen molar-refractivity contribution in [2.75, 3.05) is 0 Å². The molecule has 0 fully saturated rings. The first-order chi connectivity index (χ1) is 6.99. The minimum atomic E-state index is 0.291. The molecule has 0 heterocycles. The second kappa shape index (κ2) is 4.61. The van der Waals surface area contributed by atoms with Crippen LogP contribution in [0.3, 0.4) is 0 Å². The van der Waals surface area contributed by atoms with Gasteiger partial charge in [0.25, 0.3) is 0 Å². The summed E-state index contributed by atoms with van der Waals surface area (Å²) in [5.74, 6) is 0.291. The molecule has 0 aliphatic heterocycles. The molecule has 0 atom stereocenters. The number of hydrogen-bond donors (Lipinski definition) is 0. The van der Waals surface area contributed by atoms with Gasteiger partial charge in [0.2, 0.25) is 0 Å². The summed E-state index contributed by atoms with van der Waals surface area (Å²) < 4.78 is 0. The van der Waals surface area contributed by atoms with Gasteiger partial charge in [0, 0.05) is 12.0 Å².